The van der Waals surface area contributed by atoms with Gasteiger partial charge in [-0.15, -0.1) is 0 Å². The monoisotopic (exact) mass is 570 g/mol. The Bertz CT molecular complexity index is 3460. The molecule has 11 rings (SSSR count). The van der Waals surface area contributed by atoms with Gasteiger partial charge in [0.25, 0.3) is 0 Å². The quantitative estimate of drug-likeness (QED) is 0.195. The highest BCUT2D eigenvalue weighted by molar-refractivity contribution is 6.30. The molecule has 202 valence electrons. The predicted octanol–water partition coefficient (Wildman–Crippen LogP) is 11.3. The molecule has 0 saturated carbocycles. The third-order valence-electron chi connectivity index (χ3n) is 8.83. The average Bonchev–Trinajstić information content (AvgIpc) is 3.95. The Hall–Kier alpha value is -5.86. The summed E-state index contributed by atoms with van der Waals surface area (Å²) in [7, 11) is 0. The van der Waals surface area contributed by atoms with Crippen molar-refractivity contribution >= 4 is 76.2 Å². The molecule has 7 aromatic carbocycles. The summed E-state index contributed by atoms with van der Waals surface area (Å²) in [4.78, 5) is 0. The molecule has 11 aromatic rings. The molecule has 0 aliphatic heterocycles. The average molecular weight is 571 g/mol. The molecule has 0 amide bonds. The molecule has 4 aromatic heterocycles. The summed E-state index contributed by atoms with van der Waals surface area (Å²) in [6, 6.07) is 12.2. The maximum absolute atomic E-state index is 10.0. The van der Waals surface area contributed by atoms with Crippen LogP contribution in [0.1, 0.15) is 19.2 Å². The van der Waals surface area contributed by atoms with Gasteiger partial charge in [0.1, 0.15) is 0 Å². The third-order valence-corrected chi connectivity index (χ3v) is 8.83. The van der Waals surface area contributed by atoms with Gasteiger partial charge in [0, 0.05) is 43.1 Å². The van der Waals surface area contributed by atoms with Crippen LogP contribution in [0.2, 0.25) is 0 Å². The largest absolute Gasteiger partial charge is 0.308 e. The molecule has 0 unspecified atom stereocenters. The van der Waals surface area contributed by atoms with Crippen molar-refractivity contribution in [3.05, 3.63) is 145 Å². The van der Waals surface area contributed by atoms with Gasteiger partial charge in [-0.25, -0.2) is 0 Å². The van der Waals surface area contributed by atoms with Crippen molar-refractivity contribution < 1.29 is 19.2 Å². The minimum absolute atomic E-state index is 0.00308. The van der Waals surface area contributed by atoms with Crippen molar-refractivity contribution in [3.63, 3.8) is 0 Å². The second-order valence-corrected chi connectivity index (χ2v) is 11.0. The zero-order valence-electron chi connectivity index (χ0n) is 36.7. The first-order chi connectivity index (χ1) is 27.7. The van der Waals surface area contributed by atoms with E-state index in [1.807, 2.05) is 0 Å². The Morgan fingerprint density at radius 3 is 1.25 bits per heavy atom. The highest BCUT2D eigenvalue weighted by Gasteiger charge is 2.23. The van der Waals surface area contributed by atoms with Gasteiger partial charge in [0.2, 0.25) is 0 Å². The minimum Gasteiger partial charge on any atom is -0.308 e. The summed E-state index contributed by atoms with van der Waals surface area (Å²) in [5.41, 5.74) is 1.92. The van der Waals surface area contributed by atoms with E-state index in [1.165, 1.54) is 8.80 Å². The van der Waals surface area contributed by atoms with Crippen LogP contribution in [0, 0.1) is 0 Å². The van der Waals surface area contributed by atoms with Gasteiger partial charge < -0.3 is 8.80 Å². The van der Waals surface area contributed by atoms with Crippen molar-refractivity contribution in [2.24, 2.45) is 0 Å². The summed E-state index contributed by atoms with van der Waals surface area (Å²) in [5.74, 6) is 0. The molecule has 0 N–H and O–H groups in total. The molecule has 0 fully saturated rings. The number of nitrogens with zero attached hydrogens (tertiary/aromatic N) is 2. The number of hydrogen-bond acceptors (Lipinski definition) is 0. The van der Waals surface area contributed by atoms with Crippen LogP contribution in [-0.2, 0) is 0 Å². The third kappa shape index (κ3) is 2.63. The lowest BCUT2D eigenvalue weighted by atomic mass is 9.98. The normalized spacial score (nSPS) is 17.0. The predicted molar refractivity (Wildman–Crippen MR) is 187 cm³/mol. The fourth-order valence-electron chi connectivity index (χ4n) is 7.08. The van der Waals surface area contributed by atoms with Crippen LogP contribution in [-0.4, -0.2) is 8.80 Å². The van der Waals surface area contributed by atoms with Crippen molar-refractivity contribution in [2.45, 2.75) is 0 Å². The van der Waals surface area contributed by atoms with Gasteiger partial charge in [-0.05, 0) is 46.4 Å². The van der Waals surface area contributed by atoms with Gasteiger partial charge in [-0.1, -0.05) is 121 Å². The van der Waals surface area contributed by atoms with E-state index < -0.39 is 48.3 Å². The van der Waals surface area contributed by atoms with E-state index in [0.29, 0.717) is 11.1 Å². The van der Waals surface area contributed by atoms with Crippen LogP contribution >= 0.6 is 0 Å². The lowest BCUT2D eigenvalue weighted by Crippen LogP contribution is -1.85. The lowest BCUT2D eigenvalue weighted by Gasteiger charge is -2.07. The molecular weight excluding hydrogens is 532 g/mol. The summed E-state index contributed by atoms with van der Waals surface area (Å²) in [5, 5.41) is 0.758. The SMILES string of the molecule is [2H]c1c([2H])c([2H])c2c(c1-c1ccccc1)c1c([2H])c([2H])c([2H])c3c4c([2H])c5c(c([2H])c4n2c13)c1c([2H])c([2H])c([2H])c2c3c(-c4ccccc4)c([2H])c([2H])c([2H])c3n5c21. The van der Waals surface area contributed by atoms with Crippen LogP contribution in [0.3, 0.4) is 0 Å². The lowest BCUT2D eigenvalue weighted by molar-refractivity contribution is 1.36. The van der Waals surface area contributed by atoms with E-state index in [0.717, 1.165) is 0 Å². The topological polar surface area (TPSA) is 8.82 Å². The molecule has 44 heavy (non-hydrogen) atoms. The Kier molecular flexibility index (Phi) is 2.46. The first kappa shape index (κ1) is 13.6. The van der Waals surface area contributed by atoms with E-state index in [4.69, 9.17) is 8.22 Å². The van der Waals surface area contributed by atoms with Gasteiger partial charge >= 0.3 is 0 Å². The molecule has 2 nitrogen and oxygen atoms in total. The smallest absolute Gasteiger partial charge is 0.0653 e. The first-order valence-corrected chi connectivity index (χ1v) is 14.2. The standard InChI is InChI=1S/C42H24N2/c1-3-11-25(12-4-1)27-15-9-21-35-39(27)31-19-7-17-29-33-24-38-34(23-37(33)43(35)41(29)31)30-18-8-20-32-40-28(26-13-5-2-6-14-26)16-10-22-36(40)44(38)42(30)32/h1-24H/i7D,8D,9D,10D,15D,16D,17D,18D,19D,20D,21D,22D,23D,24D. The second-order valence-electron chi connectivity index (χ2n) is 11.0. The molecule has 0 aliphatic carbocycles. The van der Waals surface area contributed by atoms with E-state index in [2.05, 4.69) is 0 Å². The first-order valence-electron chi connectivity index (χ1n) is 21.2. The molecular formula is C42H24N2. The Morgan fingerprint density at radius 1 is 0.386 bits per heavy atom. The van der Waals surface area contributed by atoms with Crippen LogP contribution in [0.4, 0.5) is 0 Å². The highest BCUT2D eigenvalue weighted by Crippen LogP contribution is 2.47. The van der Waals surface area contributed by atoms with E-state index in [9.17, 15) is 11.0 Å². The van der Waals surface area contributed by atoms with E-state index >= 15 is 0 Å². The number of benzene rings is 7. The van der Waals surface area contributed by atoms with Gasteiger partial charge in [0.15, 0.2) is 0 Å². The van der Waals surface area contributed by atoms with Crippen LogP contribution in [0.15, 0.2) is 145 Å². The summed E-state index contributed by atoms with van der Waals surface area (Å²) >= 11 is 0. The van der Waals surface area contributed by atoms with E-state index in [-0.39, 0.29) is 124 Å². The molecule has 0 spiro atoms. The van der Waals surface area contributed by atoms with Gasteiger partial charge in [-0.2, -0.15) is 0 Å². The highest BCUT2D eigenvalue weighted by atomic mass is 14.9. The molecule has 0 atom stereocenters. The Morgan fingerprint density at radius 2 is 0.795 bits per heavy atom. The van der Waals surface area contributed by atoms with E-state index in [1.54, 1.807) is 60.7 Å². The summed E-state index contributed by atoms with van der Waals surface area (Å²) < 4.78 is 132. The molecule has 4 heterocycles. The summed E-state index contributed by atoms with van der Waals surface area (Å²) in [6.07, 6.45) is 0. The zero-order chi connectivity index (χ0) is 40.7. The Balaban J connectivity index is 1.49. The number of fused-ring (bicyclic) bond motifs is 12. The Labute approximate surface area is 271 Å². The van der Waals surface area contributed by atoms with Crippen molar-refractivity contribution in [1.82, 2.24) is 8.80 Å². The maximum Gasteiger partial charge on any atom is 0.0653 e. The maximum atomic E-state index is 10.0. The minimum atomic E-state index is -0.487. The molecule has 2 heteroatoms. The number of para-hydroxylation sites is 2. The number of hydrogen-bond donors (Lipinski definition) is 0. The molecule has 0 saturated heterocycles. The van der Waals surface area contributed by atoms with Gasteiger partial charge in [0.05, 0.1) is 52.3 Å². The molecule has 0 radical (unpaired) electrons. The fourth-order valence-corrected chi connectivity index (χ4v) is 7.08. The van der Waals surface area contributed by atoms with Crippen molar-refractivity contribution in [1.29, 1.82) is 0 Å². The van der Waals surface area contributed by atoms with Gasteiger partial charge in [-0.3, -0.25) is 0 Å². The number of aromatic nitrogens is 2. The molecule has 0 bridgehead atoms. The number of rotatable bonds is 2. The van der Waals surface area contributed by atoms with Crippen LogP contribution < -0.4 is 0 Å². The zero-order valence-corrected chi connectivity index (χ0v) is 22.7. The molecule has 0 aliphatic rings. The second kappa shape index (κ2) is 7.94. The van der Waals surface area contributed by atoms with Crippen molar-refractivity contribution in [2.75, 3.05) is 0 Å². The fraction of sp³-hybridized carbons (Fsp3) is 0. The van der Waals surface area contributed by atoms with Crippen LogP contribution in [0.25, 0.3) is 98.4 Å². The summed E-state index contributed by atoms with van der Waals surface area (Å²) in [6.45, 7) is 0. The van der Waals surface area contributed by atoms with Crippen LogP contribution in [0.5, 0.6) is 0 Å². The van der Waals surface area contributed by atoms with Crippen molar-refractivity contribution in [3.8, 4) is 22.3 Å².